The molecule has 0 unspecified atom stereocenters. The van der Waals surface area contributed by atoms with Gasteiger partial charge in [0.25, 0.3) is 5.92 Å². The first-order chi connectivity index (χ1) is 11.5. The van der Waals surface area contributed by atoms with Gasteiger partial charge >= 0.3 is 5.69 Å². The minimum atomic E-state index is -3.11. The van der Waals surface area contributed by atoms with Gasteiger partial charge in [0.15, 0.2) is 0 Å². The molecule has 3 N–H and O–H groups in total. The van der Waals surface area contributed by atoms with Crippen LogP contribution in [0.4, 0.5) is 14.6 Å². The van der Waals surface area contributed by atoms with Gasteiger partial charge < -0.3 is 15.8 Å². The van der Waals surface area contributed by atoms with Crippen molar-refractivity contribution < 1.29 is 13.5 Å². The number of hydrogen-bond acceptors (Lipinski definition) is 5. The van der Waals surface area contributed by atoms with E-state index in [0.717, 1.165) is 11.1 Å². The van der Waals surface area contributed by atoms with Gasteiger partial charge in [0, 0.05) is 19.2 Å². The van der Waals surface area contributed by atoms with Crippen LogP contribution in [0.1, 0.15) is 44.8 Å². The van der Waals surface area contributed by atoms with Gasteiger partial charge in [0.05, 0.1) is 6.10 Å². The molecular formula is C16H24F2N4O2. The molecule has 2 aliphatic rings. The third-order valence-electron chi connectivity index (χ3n) is 4.82. The number of nitrogens with one attached hydrogen (secondary N) is 1. The van der Waals surface area contributed by atoms with Gasteiger partial charge in [-0.25, -0.2) is 13.6 Å². The monoisotopic (exact) mass is 342 g/mol. The molecule has 1 aromatic rings. The number of ether oxygens (including phenoxy) is 1. The summed E-state index contributed by atoms with van der Waals surface area (Å²) in [6.45, 7) is 1.19. The van der Waals surface area contributed by atoms with E-state index in [1.165, 1.54) is 44.4 Å². The average Bonchev–Trinajstić information content (AvgIpc) is 2.83. The number of halogens is 2. The Balaban J connectivity index is 1.57. The topological polar surface area (TPSA) is 82.2 Å². The van der Waals surface area contributed by atoms with Crippen molar-refractivity contribution in [2.24, 2.45) is 5.92 Å². The zero-order valence-electron chi connectivity index (χ0n) is 13.6. The summed E-state index contributed by atoms with van der Waals surface area (Å²) in [6, 6.07) is 1.31. The smallest absolute Gasteiger partial charge is 0.351 e. The van der Waals surface area contributed by atoms with E-state index in [0.29, 0.717) is 12.5 Å². The summed E-state index contributed by atoms with van der Waals surface area (Å²) in [5.41, 5.74) is 4.57. The molecule has 0 spiro atoms. The highest BCUT2D eigenvalue weighted by molar-refractivity contribution is 5.23. The zero-order chi connectivity index (χ0) is 17.2. The first-order valence-electron chi connectivity index (χ1n) is 8.54. The molecule has 2 fully saturated rings. The SMILES string of the molecule is Nc1ccn([C@@H]2O[C@H](CNCC3CCCCC3)CC2(F)F)c(=O)n1. The molecule has 8 heteroatoms. The fourth-order valence-electron chi connectivity index (χ4n) is 3.57. The number of nitrogen functional groups attached to an aromatic ring is 1. The lowest BCUT2D eigenvalue weighted by molar-refractivity contribution is -0.116. The van der Waals surface area contributed by atoms with Crippen LogP contribution in [0.2, 0.25) is 0 Å². The van der Waals surface area contributed by atoms with Crippen molar-refractivity contribution in [3.05, 3.63) is 22.7 Å². The van der Waals surface area contributed by atoms with Crippen molar-refractivity contribution in [3.63, 3.8) is 0 Å². The van der Waals surface area contributed by atoms with Gasteiger partial charge in [-0.15, -0.1) is 0 Å². The van der Waals surface area contributed by atoms with Gasteiger partial charge in [0.1, 0.15) is 5.82 Å². The molecule has 1 saturated carbocycles. The molecule has 2 heterocycles. The van der Waals surface area contributed by atoms with Crippen LogP contribution in [0, 0.1) is 5.92 Å². The highest BCUT2D eigenvalue weighted by Gasteiger charge is 2.51. The van der Waals surface area contributed by atoms with E-state index in [9.17, 15) is 13.6 Å². The van der Waals surface area contributed by atoms with Crippen molar-refractivity contribution in [3.8, 4) is 0 Å². The summed E-state index contributed by atoms with van der Waals surface area (Å²) in [4.78, 5) is 15.3. The van der Waals surface area contributed by atoms with Crippen molar-refractivity contribution in [1.29, 1.82) is 0 Å². The summed E-state index contributed by atoms with van der Waals surface area (Å²) in [5, 5.41) is 3.25. The van der Waals surface area contributed by atoms with Crippen molar-refractivity contribution in [1.82, 2.24) is 14.9 Å². The van der Waals surface area contributed by atoms with Crippen LogP contribution in [0.3, 0.4) is 0 Å². The molecule has 3 rings (SSSR count). The number of nitrogens with two attached hydrogens (primary N) is 1. The highest BCUT2D eigenvalue weighted by atomic mass is 19.3. The van der Waals surface area contributed by atoms with E-state index in [2.05, 4.69) is 10.3 Å². The molecule has 2 atom stereocenters. The van der Waals surface area contributed by atoms with Gasteiger partial charge in [-0.05, 0) is 31.4 Å². The third-order valence-corrected chi connectivity index (χ3v) is 4.82. The second kappa shape index (κ2) is 7.14. The van der Waals surface area contributed by atoms with E-state index in [4.69, 9.17) is 10.5 Å². The van der Waals surface area contributed by atoms with Gasteiger partial charge in [-0.1, -0.05) is 19.3 Å². The standard InChI is InChI=1S/C16H24F2N4O2/c17-16(18)8-12(10-20-9-11-4-2-1-3-5-11)24-14(16)22-7-6-13(19)21-15(22)23/h6-7,11-12,14,20H,1-5,8-10H2,(H2,19,21,23)/t12-,14+/m0/s1. The Hall–Kier alpha value is -1.54. The molecule has 0 amide bonds. The Morgan fingerprint density at radius 2 is 2.08 bits per heavy atom. The second-order valence-corrected chi connectivity index (χ2v) is 6.78. The maximum absolute atomic E-state index is 14.2. The minimum absolute atomic E-state index is 0.00302. The molecular weight excluding hydrogens is 318 g/mol. The van der Waals surface area contributed by atoms with Crippen LogP contribution in [0.25, 0.3) is 0 Å². The summed E-state index contributed by atoms with van der Waals surface area (Å²) >= 11 is 0. The lowest BCUT2D eigenvalue weighted by atomic mass is 9.89. The number of alkyl halides is 2. The second-order valence-electron chi connectivity index (χ2n) is 6.78. The first kappa shape index (κ1) is 17.3. The Morgan fingerprint density at radius 3 is 2.79 bits per heavy atom. The molecule has 6 nitrogen and oxygen atoms in total. The largest absolute Gasteiger partial charge is 0.383 e. The van der Waals surface area contributed by atoms with Gasteiger partial charge in [-0.2, -0.15) is 4.98 Å². The zero-order valence-corrected chi connectivity index (χ0v) is 13.6. The fraction of sp³-hybridized carbons (Fsp3) is 0.750. The number of hydrogen-bond donors (Lipinski definition) is 2. The molecule has 1 aliphatic carbocycles. The predicted octanol–water partition coefficient (Wildman–Crippen LogP) is 1.92. The summed E-state index contributed by atoms with van der Waals surface area (Å²) in [6.07, 6.45) is 4.73. The Bertz CT molecular complexity index is 616. The van der Waals surface area contributed by atoms with E-state index < -0.39 is 30.4 Å². The molecule has 0 aromatic carbocycles. The number of rotatable bonds is 5. The summed E-state index contributed by atoms with van der Waals surface area (Å²) < 4.78 is 34.7. The summed E-state index contributed by atoms with van der Waals surface area (Å²) in [7, 11) is 0. The van der Waals surface area contributed by atoms with E-state index >= 15 is 0 Å². The highest BCUT2D eigenvalue weighted by Crippen LogP contribution is 2.41. The lowest BCUT2D eigenvalue weighted by Gasteiger charge is -2.22. The Morgan fingerprint density at radius 1 is 1.33 bits per heavy atom. The van der Waals surface area contributed by atoms with Crippen LogP contribution in [-0.4, -0.2) is 34.7 Å². The van der Waals surface area contributed by atoms with E-state index in [1.54, 1.807) is 0 Å². The number of anilines is 1. The van der Waals surface area contributed by atoms with Crippen LogP contribution >= 0.6 is 0 Å². The molecule has 0 bridgehead atoms. The predicted molar refractivity (Wildman–Crippen MR) is 85.8 cm³/mol. The molecule has 1 aliphatic heterocycles. The van der Waals surface area contributed by atoms with Crippen molar-refractivity contribution in [2.45, 2.75) is 56.8 Å². The molecule has 24 heavy (non-hydrogen) atoms. The molecule has 134 valence electrons. The van der Waals surface area contributed by atoms with Crippen molar-refractivity contribution in [2.75, 3.05) is 18.8 Å². The molecule has 1 saturated heterocycles. The first-order valence-corrected chi connectivity index (χ1v) is 8.54. The maximum Gasteiger partial charge on any atom is 0.351 e. The van der Waals surface area contributed by atoms with Crippen LogP contribution in [-0.2, 0) is 4.74 Å². The molecule has 0 radical (unpaired) electrons. The Labute approximate surface area is 139 Å². The van der Waals surface area contributed by atoms with E-state index in [1.807, 2.05) is 0 Å². The maximum atomic E-state index is 14.2. The normalized spacial score (nSPS) is 27.4. The van der Waals surface area contributed by atoms with Crippen molar-refractivity contribution >= 4 is 5.82 Å². The summed E-state index contributed by atoms with van der Waals surface area (Å²) in [5.74, 6) is -2.48. The van der Waals surface area contributed by atoms with Gasteiger partial charge in [-0.3, -0.25) is 4.57 Å². The third kappa shape index (κ3) is 3.92. The Kier molecular flexibility index (Phi) is 5.15. The van der Waals surface area contributed by atoms with Crippen LogP contribution in [0.5, 0.6) is 0 Å². The number of nitrogens with zero attached hydrogens (tertiary/aromatic N) is 2. The minimum Gasteiger partial charge on any atom is -0.383 e. The number of aromatic nitrogens is 2. The van der Waals surface area contributed by atoms with Gasteiger partial charge in [0.2, 0.25) is 6.23 Å². The van der Waals surface area contributed by atoms with E-state index in [-0.39, 0.29) is 5.82 Å². The quantitative estimate of drug-likeness (QED) is 0.854. The van der Waals surface area contributed by atoms with Crippen LogP contribution in [0.15, 0.2) is 17.1 Å². The average molecular weight is 342 g/mol. The molecule has 1 aromatic heterocycles. The lowest BCUT2D eigenvalue weighted by Crippen LogP contribution is -2.35. The van der Waals surface area contributed by atoms with Crippen LogP contribution < -0.4 is 16.7 Å². The fourth-order valence-corrected chi connectivity index (χ4v) is 3.57.